The van der Waals surface area contributed by atoms with Crippen molar-refractivity contribution in [2.75, 3.05) is 13.1 Å². The number of allylic oxidation sites excluding steroid dienone is 5. The van der Waals surface area contributed by atoms with Gasteiger partial charge in [-0.25, -0.2) is 0 Å². The zero-order valence-electron chi connectivity index (χ0n) is 16.3. The number of ether oxygens (including phenoxy) is 1. The average molecular weight is 403 g/mol. The summed E-state index contributed by atoms with van der Waals surface area (Å²) in [7, 11) is 0. The topological polar surface area (TPSA) is 29.5 Å². The summed E-state index contributed by atoms with van der Waals surface area (Å²) in [6.45, 7) is 2.33. The van der Waals surface area contributed by atoms with Gasteiger partial charge in [-0.15, -0.1) is 0 Å². The fourth-order valence-electron chi connectivity index (χ4n) is 4.61. The molecule has 0 bridgehead atoms. The number of hydrogen-bond donors (Lipinski definition) is 0. The summed E-state index contributed by atoms with van der Waals surface area (Å²) >= 11 is 0. The summed E-state index contributed by atoms with van der Waals surface area (Å²) in [5.74, 6) is 0.359. The Labute approximate surface area is 168 Å². The Morgan fingerprint density at radius 3 is 2.62 bits per heavy atom. The number of carbonyl (C=O) groups excluding carboxylic acids is 1. The van der Waals surface area contributed by atoms with Gasteiger partial charge in [0.2, 0.25) is 0 Å². The summed E-state index contributed by atoms with van der Waals surface area (Å²) in [6, 6.07) is 7.95. The SMILES string of the molecule is CC1=CC2=C(CC=C1)CC(C1CCN(C(=O)C(F)(F)F)CC1)c1ccccc1O2. The third-order valence-electron chi connectivity index (χ3n) is 6.10. The van der Waals surface area contributed by atoms with Gasteiger partial charge in [0.25, 0.3) is 0 Å². The van der Waals surface area contributed by atoms with Gasteiger partial charge in [-0.1, -0.05) is 30.4 Å². The first-order valence-electron chi connectivity index (χ1n) is 10.0. The second-order valence-corrected chi connectivity index (χ2v) is 8.04. The molecule has 1 amide bonds. The maximum absolute atomic E-state index is 12.8. The van der Waals surface area contributed by atoms with E-state index in [1.165, 1.54) is 5.57 Å². The molecule has 1 saturated heterocycles. The van der Waals surface area contributed by atoms with Crippen LogP contribution < -0.4 is 4.74 Å². The van der Waals surface area contributed by atoms with Gasteiger partial charge in [-0.3, -0.25) is 4.79 Å². The number of para-hydroxylation sites is 1. The molecule has 0 radical (unpaired) electrons. The van der Waals surface area contributed by atoms with Crippen LogP contribution in [0.3, 0.4) is 0 Å². The van der Waals surface area contributed by atoms with E-state index in [-0.39, 0.29) is 24.9 Å². The maximum atomic E-state index is 12.8. The van der Waals surface area contributed by atoms with Crippen LogP contribution in [0.25, 0.3) is 0 Å². The molecule has 4 rings (SSSR count). The van der Waals surface area contributed by atoms with Gasteiger partial charge in [0, 0.05) is 13.1 Å². The molecule has 3 aliphatic rings. The Kier molecular flexibility index (Phi) is 5.28. The van der Waals surface area contributed by atoms with Crippen LogP contribution in [0.2, 0.25) is 0 Å². The Bertz CT molecular complexity index is 890. The van der Waals surface area contributed by atoms with E-state index in [0.717, 1.165) is 40.4 Å². The smallest absolute Gasteiger partial charge is 0.457 e. The summed E-state index contributed by atoms with van der Waals surface area (Å²) in [4.78, 5) is 12.5. The molecule has 29 heavy (non-hydrogen) atoms. The number of amides is 1. The van der Waals surface area contributed by atoms with Crippen LogP contribution in [-0.4, -0.2) is 30.1 Å². The number of piperidine rings is 1. The highest BCUT2D eigenvalue weighted by Gasteiger charge is 2.44. The number of carbonyl (C=O) groups is 1. The number of halogens is 3. The van der Waals surface area contributed by atoms with E-state index in [2.05, 4.69) is 24.3 Å². The molecule has 2 heterocycles. The van der Waals surface area contributed by atoms with Gasteiger partial charge in [0.15, 0.2) is 0 Å². The summed E-state index contributed by atoms with van der Waals surface area (Å²) in [6.07, 6.45) is 4.23. The second-order valence-electron chi connectivity index (χ2n) is 8.04. The Hall–Kier alpha value is -2.50. The van der Waals surface area contributed by atoms with Crippen LogP contribution in [-0.2, 0) is 4.79 Å². The summed E-state index contributed by atoms with van der Waals surface area (Å²) in [5.41, 5.74) is 3.45. The Balaban J connectivity index is 1.59. The van der Waals surface area contributed by atoms with Gasteiger partial charge in [0.1, 0.15) is 11.5 Å². The zero-order valence-corrected chi connectivity index (χ0v) is 16.3. The minimum atomic E-state index is -4.80. The molecular formula is C23H24F3NO2. The lowest BCUT2D eigenvalue weighted by Crippen LogP contribution is -2.46. The summed E-state index contributed by atoms with van der Waals surface area (Å²) < 4.78 is 44.6. The van der Waals surface area contributed by atoms with Gasteiger partial charge in [-0.05, 0) is 73.3 Å². The normalized spacial score (nSPS) is 22.8. The Morgan fingerprint density at radius 2 is 1.90 bits per heavy atom. The van der Waals surface area contributed by atoms with E-state index in [1.807, 2.05) is 25.1 Å². The van der Waals surface area contributed by atoms with Crippen LogP contribution in [0.15, 0.2) is 59.4 Å². The molecule has 1 atom stereocenters. The van der Waals surface area contributed by atoms with Crippen molar-refractivity contribution in [2.45, 2.75) is 44.7 Å². The maximum Gasteiger partial charge on any atom is 0.471 e. The monoisotopic (exact) mass is 403 g/mol. The fraction of sp³-hybridized carbons (Fsp3) is 0.435. The van der Waals surface area contributed by atoms with Crippen molar-refractivity contribution < 1.29 is 22.7 Å². The van der Waals surface area contributed by atoms with Gasteiger partial charge in [-0.2, -0.15) is 13.2 Å². The highest BCUT2D eigenvalue weighted by Crippen LogP contribution is 2.45. The average Bonchev–Trinajstić information content (AvgIpc) is 2.95. The molecule has 0 spiro atoms. The van der Waals surface area contributed by atoms with E-state index in [4.69, 9.17) is 4.74 Å². The van der Waals surface area contributed by atoms with Crippen LogP contribution in [0.5, 0.6) is 5.75 Å². The molecule has 154 valence electrons. The molecule has 1 aromatic rings. The number of hydrogen-bond acceptors (Lipinski definition) is 2. The number of nitrogens with zero attached hydrogens (tertiary/aromatic N) is 1. The van der Waals surface area contributed by atoms with Crippen LogP contribution in [0.1, 0.15) is 44.1 Å². The molecule has 3 nitrogen and oxygen atoms in total. The molecule has 6 heteroatoms. The predicted molar refractivity (Wildman–Crippen MR) is 104 cm³/mol. The highest BCUT2D eigenvalue weighted by molar-refractivity contribution is 5.81. The molecule has 1 unspecified atom stereocenters. The van der Waals surface area contributed by atoms with Crippen molar-refractivity contribution in [2.24, 2.45) is 5.92 Å². The van der Waals surface area contributed by atoms with E-state index < -0.39 is 12.1 Å². The van der Waals surface area contributed by atoms with E-state index in [0.29, 0.717) is 12.8 Å². The predicted octanol–water partition coefficient (Wildman–Crippen LogP) is 5.51. The first kappa shape index (κ1) is 19.8. The molecule has 1 aliphatic carbocycles. The number of fused-ring (bicyclic) bond motifs is 1. The molecule has 1 aromatic carbocycles. The number of benzene rings is 1. The lowest BCUT2D eigenvalue weighted by Gasteiger charge is -2.36. The van der Waals surface area contributed by atoms with E-state index >= 15 is 0 Å². The largest absolute Gasteiger partial charge is 0.471 e. The van der Waals surface area contributed by atoms with E-state index in [9.17, 15) is 18.0 Å². The third-order valence-corrected chi connectivity index (χ3v) is 6.10. The highest BCUT2D eigenvalue weighted by atomic mass is 19.4. The fourth-order valence-corrected chi connectivity index (χ4v) is 4.61. The molecule has 2 aliphatic heterocycles. The molecule has 0 N–H and O–H groups in total. The zero-order chi connectivity index (χ0) is 20.6. The van der Waals surface area contributed by atoms with Crippen molar-refractivity contribution in [1.82, 2.24) is 4.90 Å². The number of rotatable bonds is 1. The molecular weight excluding hydrogens is 379 g/mol. The van der Waals surface area contributed by atoms with Crippen LogP contribution in [0, 0.1) is 5.92 Å². The first-order chi connectivity index (χ1) is 13.8. The van der Waals surface area contributed by atoms with Crippen molar-refractivity contribution >= 4 is 5.91 Å². The summed E-state index contributed by atoms with van der Waals surface area (Å²) in [5, 5.41) is 0. The lowest BCUT2D eigenvalue weighted by molar-refractivity contribution is -0.186. The van der Waals surface area contributed by atoms with Crippen molar-refractivity contribution in [1.29, 1.82) is 0 Å². The van der Waals surface area contributed by atoms with Gasteiger partial charge in [0.05, 0.1) is 0 Å². The van der Waals surface area contributed by atoms with Gasteiger partial charge >= 0.3 is 12.1 Å². The molecule has 0 saturated carbocycles. The van der Waals surface area contributed by atoms with Crippen molar-refractivity contribution in [3.05, 3.63) is 65.0 Å². The third kappa shape index (κ3) is 4.11. The quantitative estimate of drug-likeness (QED) is 0.618. The van der Waals surface area contributed by atoms with Crippen molar-refractivity contribution in [3.63, 3.8) is 0 Å². The van der Waals surface area contributed by atoms with Crippen LogP contribution >= 0.6 is 0 Å². The molecule has 1 fully saturated rings. The van der Waals surface area contributed by atoms with Gasteiger partial charge < -0.3 is 9.64 Å². The number of alkyl halides is 3. The minimum absolute atomic E-state index is 0.146. The Morgan fingerprint density at radius 1 is 1.17 bits per heavy atom. The lowest BCUT2D eigenvalue weighted by atomic mass is 9.76. The minimum Gasteiger partial charge on any atom is -0.457 e. The first-order valence-corrected chi connectivity index (χ1v) is 10.0. The van der Waals surface area contributed by atoms with E-state index in [1.54, 1.807) is 0 Å². The molecule has 0 aromatic heterocycles. The standard InChI is InChI=1S/C23H24F3NO2/c1-15-5-4-6-17-14-19(18-7-2-3-8-20(18)29-21(17)13-15)16-9-11-27(12-10-16)22(28)23(24,25)26/h2-5,7-8,13,16,19H,6,9-12,14H2,1H3. The van der Waals surface area contributed by atoms with Crippen LogP contribution in [0.4, 0.5) is 13.2 Å². The second kappa shape index (κ2) is 7.73. The van der Waals surface area contributed by atoms with Crippen molar-refractivity contribution in [3.8, 4) is 5.75 Å². The number of likely N-dealkylation sites (tertiary alicyclic amines) is 1.